The highest BCUT2D eigenvalue weighted by Gasteiger charge is 2.22. The van der Waals surface area contributed by atoms with E-state index in [4.69, 9.17) is 11.6 Å². The minimum Gasteiger partial charge on any atom is -0.335 e. The topological polar surface area (TPSA) is 79.4 Å². The number of nitrogens with one attached hydrogen (secondary N) is 1. The van der Waals surface area contributed by atoms with Gasteiger partial charge in [-0.25, -0.2) is 17.8 Å². The van der Waals surface area contributed by atoms with Crippen molar-refractivity contribution in [3.63, 3.8) is 0 Å². The quantitative estimate of drug-likeness (QED) is 0.405. The molecule has 0 bridgehead atoms. The Morgan fingerprint density at radius 1 is 1.12 bits per heavy atom. The van der Waals surface area contributed by atoms with Gasteiger partial charge in [-0.05, 0) is 54.6 Å². The lowest BCUT2D eigenvalue weighted by Gasteiger charge is -2.17. The van der Waals surface area contributed by atoms with Gasteiger partial charge in [-0.1, -0.05) is 23.7 Å². The number of hydrogen-bond acceptors (Lipinski definition) is 5. The summed E-state index contributed by atoms with van der Waals surface area (Å²) in [5.74, 6) is -0.920. The number of carbonyl (C=O) groups excluding carboxylic acids is 1. The van der Waals surface area contributed by atoms with Crippen molar-refractivity contribution in [1.29, 1.82) is 0 Å². The average molecular weight is 490 g/mol. The standard InChI is InChI=1S/C22H17ClFN3O3S2/c1-27(13-21-25-19-4-2-3-5-20(19)31-21)22(28)17-12-16(10-11-18(17)23)32(29,30)26-15-8-6-14(24)7-9-15/h2-12,26H,13H2,1H3. The molecule has 0 unspecified atom stereocenters. The molecule has 0 spiro atoms. The Morgan fingerprint density at radius 2 is 1.84 bits per heavy atom. The summed E-state index contributed by atoms with van der Waals surface area (Å²) in [4.78, 5) is 18.8. The number of sulfonamides is 1. The molecule has 4 rings (SSSR count). The summed E-state index contributed by atoms with van der Waals surface area (Å²) in [6, 6.07) is 16.5. The van der Waals surface area contributed by atoms with Crippen molar-refractivity contribution < 1.29 is 17.6 Å². The number of carbonyl (C=O) groups is 1. The van der Waals surface area contributed by atoms with Crippen LogP contribution in [-0.4, -0.2) is 31.3 Å². The number of hydrogen-bond donors (Lipinski definition) is 1. The fourth-order valence-electron chi connectivity index (χ4n) is 3.04. The predicted octanol–water partition coefficient (Wildman–Crippen LogP) is 5.16. The number of halogens is 2. The maximum atomic E-state index is 13.1. The maximum Gasteiger partial charge on any atom is 0.261 e. The molecule has 4 aromatic rings. The number of thiazole rings is 1. The van der Waals surface area contributed by atoms with E-state index in [1.807, 2.05) is 24.3 Å². The lowest BCUT2D eigenvalue weighted by molar-refractivity contribution is 0.0785. The summed E-state index contributed by atoms with van der Waals surface area (Å²) >= 11 is 7.69. The van der Waals surface area contributed by atoms with E-state index in [-0.39, 0.29) is 27.7 Å². The van der Waals surface area contributed by atoms with Gasteiger partial charge in [0, 0.05) is 12.7 Å². The zero-order valence-electron chi connectivity index (χ0n) is 16.7. The summed E-state index contributed by atoms with van der Waals surface area (Å²) in [5.41, 5.74) is 1.10. The number of amides is 1. The van der Waals surface area contributed by atoms with Crippen LogP contribution in [0.4, 0.5) is 10.1 Å². The molecule has 1 aromatic heterocycles. The molecule has 164 valence electrons. The molecular weight excluding hydrogens is 473 g/mol. The number of rotatable bonds is 6. The third-order valence-corrected chi connectivity index (χ3v) is 7.36. The van der Waals surface area contributed by atoms with Crippen LogP contribution in [0.15, 0.2) is 71.6 Å². The summed E-state index contributed by atoms with van der Waals surface area (Å²) in [6.45, 7) is 0.249. The van der Waals surface area contributed by atoms with E-state index in [2.05, 4.69) is 9.71 Å². The van der Waals surface area contributed by atoms with Gasteiger partial charge in [0.25, 0.3) is 15.9 Å². The van der Waals surface area contributed by atoms with Crippen molar-refractivity contribution in [2.45, 2.75) is 11.4 Å². The van der Waals surface area contributed by atoms with E-state index < -0.39 is 21.7 Å². The van der Waals surface area contributed by atoms with E-state index in [0.717, 1.165) is 27.4 Å². The van der Waals surface area contributed by atoms with E-state index >= 15 is 0 Å². The van der Waals surface area contributed by atoms with E-state index in [1.165, 1.54) is 46.6 Å². The molecule has 1 heterocycles. The molecule has 0 aliphatic heterocycles. The first-order chi connectivity index (χ1) is 15.2. The maximum absolute atomic E-state index is 13.1. The summed E-state index contributed by atoms with van der Waals surface area (Å²) in [5, 5.41) is 0.881. The van der Waals surface area contributed by atoms with Gasteiger partial charge in [-0.15, -0.1) is 11.3 Å². The number of anilines is 1. The number of fused-ring (bicyclic) bond motifs is 1. The predicted molar refractivity (Wildman–Crippen MR) is 124 cm³/mol. The Morgan fingerprint density at radius 3 is 2.56 bits per heavy atom. The first-order valence-electron chi connectivity index (χ1n) is 9.41. The van der Waals surface area contributed by atoms with Crippen LogP contribution < -0.4 is 4.72 Å². The first-order valence-corrected chi connectivity index (χ1v) is 12.1. The van der Waals surface area contributed by atoms with E-state index in [1.54, 1.807) is 7.05 Å². The smallest absolute Gasteiger partial charge is 0.261 e. The van der Waals surface area contributed by atoms with E-state index in [0.29, 0.717) is 0 Å². The Balaban J connectivity index is 1.56. The molecule has 1 N–H and O–H groups in total. The Kier molecular flexibility index (Phi) is 6.14. The minimum absolute atomic E-state index is 0.0530. The van der Waals surface area contributed by atoms with Crippen LogP contribution in [0.25, 0.3) is 10.2 Å². The summed E-state index contributed by atoms with van der Waals surface area (Å²) in [7, 11) is -2.41. The van der Waals surface area contributed by atoms with Crippen LogP contribution >= 0.6 is 22.9 Å². The van der Waals surface area contributed by atoms with Crippen molar-refractivity contribution >= 4 is 54.8 Å². The molecule has 0 saturated carbocycles. The average Bonchev–Trinajstić information content (AvgIpc) is 3.17. The number of nitrogens with zero attached hydrogens (tertiary/aromatic N) is 2. The Hall–Kier alpha value is -3.01. The highest BCUT2D eigenvalue weighted by molar-refractivity contribution is 7.92. The lowest BCUT2D eigenvalue weighted by Crippen LogP contribution is -2.26. The van der Waals surface area contributed by atoms with Gasteiger partial charge in [0.2, 0.25) is 0 Å². The number of aromatic nitrogens is 1. The molecule has 1 amide bonds. The molecule has 32 heavy (non-hydrogen) atoms. The zero-order valence-corrected chi connectivity index (χ0v) is 19.1. The molecule has 3 aromatic carbocycles. The highest BCUT2D eigenvalue weighted by atomic mass is 35.5. The molecule has 0 atom stereocenters. The number of benzene rings is 3. The van der Waals surface area contributed by atoms with Gasteiger partial charge < -0.3 is 4.90 Å². The van der Waals surface area contributed by atoms with Crippen LogP contribution in [0.3, 0.4) is 0 Å². The second-order valence-electron chi connectivity index (χ2n) is 6.99. The largest absolute Gasteiger partial charge is 0.335 e. The molecule has 0 aliphatic rings. The van der Waals surface area contributed by atoms with Gasteiger partial charge in [0.15, 0.2) is 0 Å². The summed E-state index contributed by atoms with van der Waals surface area (Å²) in [6.07, 6.45) is 0. The fourth-order valence-corrected chi connectivity index (χ4v) is 5.34. The third-order valence-electron chi connectivity index (χ3n) is 4.63. The van der Waals surface area contributed by atoms with Gasteiger partial charge in [0.05, 0.1) is 32.2 Å². The molecule has 0 aliphatic carbocycles. The van der Waals surface area contributed by atoms with Crippen LogP contribution in [0.1, 0.15) is 15.4 Å². The van der Waals surface area contributed by atoms with Crippen LogP contribution in [-0.2, 0) is 16.6 Å². The van der Waals surface area contributed by atoms with Crippen molar-refractivity contribution in [2.24, 2.45) is 0 Å². The van der Waals surface area contributed by atoms with Gasteiger partial charge in [0.1, 0.15) is 10.8 Å². The number of para-hydroxylation sites is 1. The SMILES string of the molecule is CN(Cc1nc2ccccc2s1)C(=O)c1cc(S(=O)(=O)Nc2ccc(F)cc2)ccc1Cl. The minimum atomic E-state index is -4.01. The van der Waals surface area contributed by atoms with Crippen molar-refractivity contribution in [3.8, 4) is 0 Å². The van der Waals surface area contributed by atoms with Gasteiger partial charge in [-0.2, -0.15) is 0 Å². The van der Waals surface area contributed by atoms with Crippen LogP contribution in [0.5, 0.6) is 0 Å². The molecule has 0 fully saturated rings. The molecule has 0 radical (unpaired) electrons. The van der Waals surface area contributed by atoms with Crippen molar-refractivity contribution in [3.05, 3.63) is 88.1 Å². The normalized spacial score (nSPS) is 11.5. The second-order valence-corrected chi connectivity index (χ2v) is 10.2. The fraction of sp³-hybridized carbons (Fsp3) is 0.0909. The van der Waals surface area contributed by atoms with Crippen LogP contribution in [0, 0.1) is 5.82 Å². The Labute approximate surface area is 193 Å². The Bertz CT molecular complexity index is 1370. The van der Waals surface area contributed by atoms with Crippen LogP contribution in [0.2, 0.25) is 5.02 Å². The van der Waals surface area contributed by atoms with Crippen molar-refractivity contribution in [2.75, 3.05) is 11.8 Å². The summed E-state index contributed by atoms with van der Waals surface area (Å²) < 4.78 is 42.0. The third kappa shape index (κ3) is 4.74. The van der Waals surface area contributed by atoms with Gasteiger partial charge in [-0.3, -0.25) is 9.52 Å². The van der Waals surface area contributed by atoms with Crippen molar-refractivity contribution in [1.82, 2.24) is 9.88 Å². The molecular formula is C22H17ClFN3O3S2. The highest BCUT2D eigenvalue weighted by Crippen LogP contribution is 2.26. The molecule has 6 nitrogen and oxygen atoms in total. The second kappa shape index (κ2) is 8.85. The lowest BCUT2D eigenvalue weighted by atomic mass is 10.2. The first kappa shape index (κ1) is 22.2. The van der Waals surface area contributed by atoms with E-state index in [9.17, 15) is 17.6 Å². The monoisotopic (exact) mass is 489 g/mol. The zero-order chi connectivity index (χ0) is 22.9. The van der Waals surface area contributed by atoms with Gasteiger partial charge >= 0.3 is 0 Å². The molecule has 0 saturated heterocycles. The molecule has 10 heteroatoms.